The molecular weight excluding hydrogens is 592 g/mol. The normalized spacial score (nSPS) is 33.8. The van der Waals surface area contributed by atoms with Crippen molar-refractivity contribution in [1.82, 2.24) is 9.80 Å². The van der Waals surface area contributed by atoms with Crippen molar-refractivity contribution in [3.8, 4) is 0 Å². The summed E-state index contributed by atoms with van der Waals surface area (Å²) in [5.41, 5.74) is -0.566. The summed E-state index contributed by atoms with van der Waals surface area (Å²) in [4.78, 5) is 29.7. The van der Waals surface area contributed by atoms with Gasteiger partial charge in [0.2, 0.25) is 0 Å². The highest BCUT2D eigenvalue weighted by atomic mass is 16.6. The average molecular weight is 651 g/mol. The van der Waals surface area contributed by atoms with Crippen LogP contribution in [0.25, 0.3) is 0 Å². The summed E-state index contributed by atoms with van der Waals surface area (Å²) in [6, 6.07) is 0. The predicted molar refractivity (Wildman–Crippen MR) is 175 cm³/mol. The Bertz CT molecular complexity index is 1120. The topological polar surface area (TPSA) is 142 Å². The number of hydrogen-bond donors (Lipinski definition) is 3. The highest BCUT2D eigenvalue weighted by molar-refractivity contribution is 5.70. The van der Waals surface area contributed by atoms with Gasteiger partial charge in [-0.15, -0.1) is 0 Å². The minimum absolute atomic E-state index is 0.00625. The number of nitrogens with zero attached hydrogens (tertiary/aromatic N) is 2. The van der Waals surface area contributed by atoms with Crippen molar-refractivity contribution < 1.29 is 43.9 Å². The molecule has 3 aliphatic heterocycles. The maximum atomic E-state index is 13.1. The number of cyclic esters (lactones) is 1. The lowest BCUT2D eigenvalue weighted by molar-refractivity contribution is -0.151. The van der Waals surface area contributed by atoms with Gasteiger partial charge in [0.15, 0.2) is 12.2 Å². The fourth-order valence-electron chi connectivity index (χ4n) is 6.26. The van der Waals surface area contributed by atoms with Gasteiger partial charge in [0.05, 0.1) is 24.2 Å². The lowest BCUT2D eigenvalue weighted by atomic mass is 9.88. The Balaban J connectivity index is 1.71. The number of carbonyl (C=O) groups is 2. The molecule has 0 spiro atoms. The Morgan fingerprint density at radius 3 is 2.52 bits per heavy atom. The zero-order valence-corrected chi connectivity index (χ0v) is 29.2. The molecule has 3 heterocycles. The molecule has 0 aromatic carbocycles. The molecule has 1 amide bonds. The van der Waals surface area contributed by atoms with Gasteiger partial charge in [-0.3, -0.25) is 4.79 Å². The number of piperazine rings is 1. The molecule has 0 radical (unpaired) electrons. The van der Waals surface area contributed by atoms with Crippen LogP contribution in [-0.2, 0) is 23.7 Å². The third-order valence-electron chi connectivity index (χ3n) is 9.57. The molecule has 11 heteroatoms. The van der Waals surface area contributed by atoms with Gasteiger partial charge >= 0.3 is 12.1 Å². The molecule has 2 saturated heterocycles. The van der Waals surface area contributed by atoms with Gasteiger partial charge in [-0.2, -0.15) is 0 Å². The molecular formula is C35H58N2O9. The Morgan fingerprint density at radius 1 is 1.22 bits per heavy atom. The highest BCUT2D eigenvalue weighted by Gasteiger charge is 2.41. The molecule has 0 aromatic rings. The fraction of sp³-hybridized carbons (Fsp3) is 0.771. The summed E-state index contributed by atoms with van der Waals surface area (Å²) in [6.07, 6.45) is 4.59. The smallest absolute Gasteiger partial charge is 0.410 e. The van der Waals surface area contributed by atoms with Crippen LogP contribution in [0.1, 0.15) is 86.5 Å². The average Bonchev–Trinajstić information content (AvgIpc) is 3.75. The summed E-state index contributed by atoms with van der Waals surface area (Å²) in [5, 5.41) is 33.1. The quantitative estimate of drug-likeness (QED) is 0.180. The first-order valence-electron chi connectivity index (χ1n) is 16.8. The number of hydrogen-bond acceptors (Lipinski definition) is 10. The summed E-state index contributed by atoms with van der Waals surface area (Å²) in [6.45, 7) is 13.8. The second-order valence-electron chi connectivity index (χ2n) is 14.0. The first kappa shape index (κ1) is 38.0. The second kappa shape index (κ2) is 16.6. The van der Waals surface area contributed by atoms with E-state index >= 15 is 0 Å². The van der Waals surface area contributed by atoms with Gasteiger partial charge in [-0.1, -0.05) is 26.0 Å². The number of aliphatic hydroxyl groups is 3. The first-order valence-corrected chi connectivity index (χ1v) is 16.8. The van der Waals surface area contributed by atoms with E-state index in [4.69, 9.17) is 18.9 Å². The van der Waals surface area contributed by atoms with Crippen molar-refractivity contribution in [3.63, 3.8) is 0 Å². The number of amides is 1. The summed E-state index contributed by atoms with van der Waals surface area (Å²) >= 11 is 0. The van der Waals surface area contributed by atoms with E-state index in [1.54, 1.807) is 31.9 Å². The number of likely N-dealkylation sites (N-methyl/N-ethyl adjacent to an activating group) is 1. The zero-order valence-electron chi connectivity index (χ0n) is 29.2. The van der Waals surface area contributed by atoms with E-state index in [2.05, 4.69) is 11.8 Å². The Hall–Kier alpha value is -2.44. The molecule has 11 nitrogen and oxygen atoms in total. The lowest BCUT2D eigenvalue weighted by Gasteiger charge is -2.36. The number of allylic oxidation sites excluding steroid dienone is 1. The molecule has 3 rings (SSSR count). The second-order valence-corrected chi connectivity index (χ2v) is 14.0. The molecule has 8 unspecified atom stereocenters. The summed E-state index contributed by atoms with van der Waals surface area (Å²) in [5.74, 6) is 0.0358. The van der Waals surface area contributed by atoms with Gasteiger partial charge in [0.1, 0.15) is 17.5 Å². The van der Waals surface area contributed by atoms with E-state index in [9.17, 15) is 24.9 Å². The van der Waals surface area contributed by atoms with Gasteiger partial charge in [-0.25, -0.2) is 4.79 Å². The number of ether oxygens (including phenoxy) is 4. The van der Waals surface area contributed by atoms with Crippen molar-refractivity contribution in [2.45, 2.75) is 128 Å². The molecule has 46 heavy (non-hydrogen) atoms. The van der Waals surface area contributed by atoms with Gasteiger partial charge in [-0.05, 0) is 84.1 Å². The van der Waals surface area contributed by atoms with Gasteiger partial charge in [0, 0.05) is 45.6 Å². The SMILES string of the molecule is CCC(OC)/C(C)=C1/OC1CC(C)(O)CC/C=C(\C)C1OC(=O)CC(O)CCC(C)(O)C(OC(=O)N2CCN(C)CC2)/C=C/C1C. The van der Waals surface area contributed by atoms with Gasteiger partial charge < -0.3 is 44.1 Å². The molecule has 0 bridgehead atoms. The fourth-order valence-corrected chi connectivity index (χ4v) is 6.26. The number of epoxide rings is 1. The summed E-state index contributed by atoms with van der Waals surface area (Å²) in [7, 11) is 3.69. The highest BCUT2D eigenvalue weighted by Crippen LogP contribution is 2.39. The van der Waals surface area contributed by atoms with Crippen molar-refractivity contribution in [2.75, 3.05) is 40.3 Å². The Kier molecular flexibility index (Phi) is 13.7. The molecule has 0 aliphatic carbocycles. The minimum atomic E-state index is -1.46. The van der Waals surface area contributed by atoms with E-state index in [0.29, 0.717) is 32.4 Å². The third kappa shape index (κ3) is 11.1. The maximum Gasteiger partial charge on any atom is 0.410 e. The number of aliphatic hydroxyl groups excluding tert-OH is 1. The van der Waals surface area contributed by atoms with Gasteiger partial charge in [0.25, 0.3) is 0 Å². The number of carbonyl (C=O) groups excluding carboxylic acids is 2. The van der Waals surface area contributed by atoms with Crippen LogP contribution in [0.4, 0.5) is 4.79 Å². The number of methoxy groups -OCH3 is 1. The molecule has 8 atom stereocenters. The lowest BCUT2D eigenvalue weighted by Crippen LogP contribution is -2.50. The van der Waals surface area contributed by atoms with Crippen molar-refractivity contribution >= 4 is 12.1 Å². The van der Waals surface area contributed by atoms with Crippen LogP contribution in [0.3, 0.4) is 0 Å². The first-order chi connectivity index (χ1) is 21.6. The molecule has 262 valence electrons. The van der Waals surface area contributed by atoms with Crippen LogP contribution < -0.4 is 0 Å². The molecule has 0 saturated carbocycles. The van der Waals surface area contributed by atoms with Crippen molar-refractivity contribution in [3.05, 3.63) is 35.1 Å². The number of esters is 1. The standard InChI is InChI=1S/C35H58N2O9/c1-9-27(43-8)25(4)32-28(44-32)22-34(5,41)15-10-11-23(2)31-24(3)12-13-29(45-33(40)37-19-17-36(7)18-20-37)35(6,42)16-14-26(38)21-30(39)46-31/h11-13,24,26-29,31,38,41-42H,9-10,14-22H2,1-8H3/b13-12+,23-11+,32-25+. The number of rotatable bonds is 10. The summed E-state index contributed by atoms with van der Waals surface area (Å²) < 4.78 is 23.0. The van der Waals surface area contributed by atoms with E-state index in [1.165, 1.54) is 0 Å². The van der Waals surface area contributed by atoms with Crippen LogP contribution in [0.15, 0.2) is 35.1 Å². The maximum absolute atomic E-state index is 13.1. The predicted octanol–water partition coefficient (Wildman–Crippen LogP) is 4.10. The monoisotopic (exact) mass is 650 g/mol. The zero-order chi connectivity index (χ0) is 34.2. The van der Waals surface area contributed by atoms with E-state index in [-0.39, 0.29) is 37.4 Å². The van der Waals surface area contributed by atoms with E-state index in [0.717, 1.165) is 36.4 Å². The Labute approximate surface area is 275 Å². The third-order valence-corrected chi connectivity index (χ3v) is 9.57. The van der Waals surface area contributed by atoms with Crippen molar-refractivity contribution in [1.29, 1.82) is 0 Å². The molecule has 3 aliphatic rings. The Morgan fingerprint density at radius 2 is 1.89 bits per heavy atom. The van der Waals surface area contributed by atoms with Crippen LogP contribution in [-0.4, -0.2) is 119 Å². The molecule has 2 fully saturated rings. The van der Waals surface area contributed by atoms with Crippen LogP contribution in [0, 0.1) is 5.92 Å². The molecule has 3 N–H and O–H groups in total. The van der Waals surface area contributed by atoms with Crippen LogP contribution in [0.5, 0.6) is 0 Å². The molecule has 0 aromatic heterocycles. The van der Waals surface area contributed by atoms with Crippen LogP contribution >= 0.6 is 0 Å². The largest absolute Gasteiger partial charge is 0.483 e. The van der Waals surface area contributed by atoms with E-state index < -0.39 is 41.6 Å². The van der Waals surface area contributed by atoms with E-state index in [1.807, 2.05) is 40.0 Å². The van der Waals surface area contributed by atoms with Crippen molar-refractivity contribution in [2.24, 2.45) is 5.92 Å². The minimum Gasteiger partial charge on any atom is -0.483 e. The van der Waals surface area contributed by atoms with Crippen LogP contribution in [0.2, 0.25) is 0 Å².